The van der Waals surface area contributed by atoms with Gasteiger partial charge < -0.3 is 4.74 Å². The highest BCUT2D eigenvalue weighted by Crippen LogP contribution is 2.16. The lowest BCUT2D eigenvalue weighted by Gasteiger charge is -2.15. The third-order valence-corrected chi connectivity index (χ3v) is 3.12. The Hall–Kier alpha value is -2.54. The minimum Gasteiger partial charge on any atom is -0.491 e. The molecule has 7 heteroatoms. The van der Waals surface area contributed by atoms with E-state index in [1.54, 1.807) is 42.5 Å². The van der Waals surface area contributed by atoms with Crippen LogP contribution in [0.2, 0.25) is 0 Å². The first-order valence-electron chi connectivity index (χ1n) is 6.99. The number of carbonyl (C=O) groups is 2. The first-order valence-corrected chi connectivity index (χ1v) is 7.39. The number of carbonyl (C=O) groups excluding carboxylic acids is 2. The number of urea groups is 1. The third-order valence-electron chi connectivity index (χ3n) is 2.76. The Kier molecular flexibility index (Phi) is 5.59. The largest absolute Gasteiger partial charge is 0.491 e. The van der Waals surface area contributed by atoms with Crippen molar-refractivity contribution in [3.63, 3.8) is 0 Å². The number of anilines is 1. The first kappa shape index (κ1) is 16.8. The lowest BCUT2D eigenvalue weighted by Crippen LogP contribution is -2.32. The van der Waals surface area contributed by atoms with Crippen molar-refractivity contribution in [2.45, 2.75) is 20.0 Å². The Balaban J connectivity index is 2.02. The van der Waals surface area contributed by atoms with Crippen LogP contribution in [0.25, 0.3) is 0 Å². The van der Waals surface area contributed by atoms with Gasteiger partial charge in [0.05, 0.1) is 6.10 Å². The molecule has 0 aliphatic rings. The van der Waals surface area contributed by atoms with Gasteiger partial charge in [-0.25, -0.2) is 14.1 Å². The van der Waals surface area contributed by atoms with Crippen LogP contribution in [0.4, 0.5) is 10.6 Å². The highest BCUT2D eigenvalue weighted by atomic mass is 32.1. The summed E-state index contributed by atoms with van der Waals surface area (Å²) < 4.78 is 6.21. The summed E-state index contributed by atoms with van der Waals surface area (Å²) in [5.74, 6) is 0.447. The summed E-state index contributed by atoms with van der Waals surface area (Å²) in [6.07, 6.45) is 1.58. The molecule has 120 valence electrons. The molecule has 1 aromatic heterocycles. The number of aromatic nitrogens is 1. The molecule has 0 saturated heterocycles. The molecule has 0 spiro atoms. The van der Waals surface area contributed by atoms with E-state index >= 15 is 0 Å². The maximum Gasteiger partial charge on any atom is 0.340 e. The number of thiol groups is 1. The summed E-state index contributed by atoms with van der Waals surface area (Å²) in [6.45, 7) is 3.83. The zero-order valence-electron chi connectivity index (χ0n) is 12.8. The number of rotatable bonds is 4. The molecule has 3 amide bonds. The van der Waals surface area contributed by atoms with Gasteiger partial charge in [0.1, 0.15) is 11.6 Å². The minimum atomic E-state index is -0.681. The Labute approximate surface area is 140 Å². The highest BCUT2D eigenvalue weighted by molar-refractivity contribution is 7.79. The van der Waals surface area contributed by atoms with Gasteiger partial charge in [-0.2, -0.15) is 0 Å². The van der Waals surface area contributed by atoms with Gasteiger partial charge in [0.25, 0.3) is 5.91 Å². The predicted molar refractivity (Wildman–Crippen MR) is 90.6 cm³/mol. The van der Waals surface area contributed by atoms with Gasteiger partial charge in [0, 0.05) is 11.8 Å². The molecule has 0 saturated carbocycles. The summed E-state index contributed by atoms with van der Waals surface area (Å²) in [4.78, 5) is 28.2. The lowest BCUT2D eigenvalue weighted by molar-refractivity contribution is 0.0901. The van der Waals surface area contributed by atoms with Crippen LogP contribution in [0.5, 0.6) is 5.75 Å². The molecule has 1 aromatic carbocycles. The molecular weight excluding hydrogens is 314 g/mol. The van der Waals surface area contributed by atoms with Crippen LogP contribution in [0.3, 0.4) is 0 Å². The van der Waals surface area contributed by atoms with Crippen LogP contribution in [-0.2, 0) is 0 Å². The Bertz CT molecular complexity index is 675. The number of imide groups is 1. The second kappa shape index (κ2) is 7.64. The van der Waals surface area contributed by atoms with Crippen LogP contribution in [0, 0.1) is 0 Å². The van der Waals surface area contributed by atoms with Crippen molar-refractivity contribution in [3.8, 4) is 5.75 Å². The van der Waals surface area contributed by atoms with Crippen molar-refractivity contribution in [1.29, 1.82) is 0 Å². The monoisotopic (exact) mass is 331 g/mol. The van der Waals surface area contributed by atoms with Gasteiger partial charge in [-0.1, -0.05) is 18.9 Å². The molecule has 0 bridgehead atoms. The first-order chi connectivity index (χ1) is 11.0. The minimum absolute atomic E-state index is 0.0436. The van der Waals surface area contributed by atoms with Crippen molar-refractivity contribution in [3.05, 3.63) is 54.2 Å². The van der Waals surface area contributed by atoms with E-state index in [1.165, 1.54) is 6.20 Å². The van der Waals surface area contributed by atoms with Crippen molar-refractivity contribution < 1.29 is 14.3 Å². The van der Waals surface area contributed by atoms with E-state index in [1.807, 2.05) is 13.8 Å². The topological polar surface area (TPSA) is 71.5 Å². The zero-order chi connectivity index (χ0) is 16.8. The van der Waals surface area contributed by atoms with Crippen LogP contribution in [0.15, 0.2) is 48.7 Å². The van der Waals surface area contributed by atoms with Crippen molar-refractivity contribution in [2.24, 2.45) is 0 Å². The van der Waals surface area contributed by atoms with Crippen LogP contribution >= 0.6 is 12.8 Å². The van der Waals surface area contributed by atoms with Crippen LogP contribution in [-0.4, -0.2) is 27.3 Å². The molecule has 23 heavy (non-hydrogen) atoms. The SMILES string of the molecule is CC(C)Oc1ccc(C(=O)N(S)C(=O)Nc2ccccn2)cc1. The molecule has 1 N–H and O–H groups in total. The summed E-state index contributed by atoms with van der Waals surface area (Å²) in [5, 5.41) is 2.48. The molecule has 0 aliphatic heterocycles. The van der Waals surface area contributed by atoms with E-state index < -0.39 is 11.9 Å². The Morgan fingerprint density at radius 3 is 2.43 bits per heavy atom. The number of amides is 3. The van der Waals surface area contributed by atoms with Gasteiger partial charge in [-0.3, -0.25) is 10.1 Å². The Morgan fingerprint density at radius 1 is 1.17 bits per heavy atom. The van der Waals surface area contributed by atoms with E-state index in [0.717, 1.165) is 0 Å². The number of ether oxygens (including phenoxy) is 1. The van der Waals surface area contributed by atoms with E-state index in [4.69, 9.17) is 4.74 Å². The molecule has 6 nitrogen and oxygen atoms in total. The van der Waals surface area contributed by atoms with E-state index in [-0.39, 0.29) is 6.10 Å². The Morgan fingerprint density at radius 2 is 1.87 bits per heavy atom. The van der Waals surface area contributed by atoms with Gasteiger partial charge in [0.2, 0.25) is 0 Å². The smallest absolute Gasteiger partial charge is 0.340 e. The quantitative estimate of drug-likeness (QED) is 0.843. The summed E-state index contributed by atoms with van der Waals surface area (Å²) >= 11 is 3.96. The summed E-state index contributed by atoms with van der Waals surface area (Å²) in [7, 11) is 0. The fourth-order valence-corrected chi connectivity index (χ4v) is 1.93. The molecule has 2 aromatic rings. The average molecular weight is 331 g/mol. The molecule has 0 radical (unpaired) electrons. The van der Waals surface area contributed by atoms with Crippen LogP contribution < -0.4 is 10.1 Å². The number of hydrogen-bond acceptors (Lipinski definition) is 5. The van der Waals surface area contributed by atoms with Crippen molar-refractivity contribution >= 4 is 30.6 Å². The van der Waals surface area contributed by atoms with Crippen molar-refractivity contribution in [2.75, 3.05) is 5.32 Å². The number of nitrogens with zero attached hydrogens (tertiary/aromatic N) is 2. The summed E-state index contributed by atoms with van der Waals surface area (Å²) in [6, 6.07) is 10.9. The fourth-order valence-electron chi connectivity index (χ4n) is 1.76. The lowest BCUT2D eigenvalue weighted by atomic mass is 10.2. The van der Waals surface area contributed by atoms with E-state index in [2.05, 4.69) is 23.1 Å². The number of benzene rings is 1. The molecule has 2 rings (SSSR count). The van der Waals surface area contributed by atoms with Crippen LogP contribution in [0.1, 0.15) is 24.2 Å². The van der Waals surface area contributed by atoms with Crippen molar-refractivity contribution in [1.82, 2.24) is 9.29 Å². The molecule has 0 atom stereocenters. The maximum absolute atomic E-state index is 12.2. The molecule has 1 heterocycles. The normalized spacial score (nSPS) is 10.3. The van der Waals surface area contributed by atoms with Gasteiger partial charge >= 0.3 is 6.03 Å². The molecular formula is C16H17N3O3S. The second-order valence-corrected chi connectivity index (χ2v) is 5.35. The number of pyridine rings is 1. The second-order valence-electron chi connectivity index (χ2n) is 4.95. The van der Waals surface area contributed by atoms with Gasteiger partial charge in [-0.05, 0) is 50.2 Å². The van der Waals surface area contributed by atoms with Gasteiger partial charge in [0.15, 0.2) is 0 Å². The predicted octanol–water partition coefficient (Wildman–Crippen LogP) is 3.39. The van der Waals surface area contributed by atoms with E-state index in [0.29, 0.717) is 21.4 Å². The zero-order valence-corrected chi connectivity index (χ0v) is 13.7. The third kappa shape index (κ3) is 4.72. The molecule has 0 fully saturated rings. The van der Waals surface area contributed by atoms with E-state index in [9.17, 15) is 9.59 Å². The van der Waals surface area contributed by atoms with Gasteiger partial charge in [-0.15, -0.1) is 0 Å². The standard InChI is InChI=1S/C16H17N3O3S/c1-11(2)22-13-8-6-12(7-9-13)15(20)19(23)16(21)18-14-5-3-4-10-17-14/h3-11,23H,1-2H3,(H,17,18,21). The number of nitrogens with one attached hydrogen (secondary N) is 1. The summed E-state index contributed by atoms with van der Waals surface area (Å²) in [5.41, 5.74) is 0.326. The maximum atomic E-state index is 12.2. The average Bonchev–Trinajstić information content (AvgIpc) is 2.54. The molecule has 0 unspecified atom stereocenters. The fraction of sp³-hybridized carbons (Fsp3) is 0.188. The highest BCUT2D eigenvalue weighted by Gasteiger charge is 2.20. The number of hydrogen-bond donors (Lipinski definition) is 2. The molecule has 0 aliphatic carbocycles.